The number of ether oxygens (including phenoxy) is 2. The number of aromatic nitrogens is 2. The lowest BCUT2D eigenvalue weighted by Gasteiger charge is -2.17. The van der Waals surface area contributed by atoms with Crippen molar-refractivity contribution in [2.75, 3.05) is 6.61 Å². The van der Waals surface area contributed by atoms with E-state index in [-0.39, 0.29) is 24.8 Å². The maximum absolute atomic E-state index is 12.8. The van der Waals surface area contributed by atoms with Gasteiger partial charge in [0.2, 0.25) is 0 Å². The number of nitrogens with zero attached hydrogens (tertiary/aromatic N) is 2. The fourth-order valence-electron chi connectivity index (χ4n) is 3.10. The normalized spacial score (nSPS) is 11.3. The Morgan fingerprint density at radius 1 is 1.15 bits per heavy atom. The molecule has 0 saturated carbocycles. The van der Waals surface area contributed by atoms with E-state index in [1.807, 2.05) is 37.3 Å². The number of nitriles is 1. The van der Waals surface area contributed by atoms with E-state index in [0.717, 1.165) is 18.4 Å². The Bertz CT molecular complexity index is 1140. The number of rotatable bonds is 10. The number of amides is 1. The van der Waals surface area contributed by atoms with Gasteiger partial charge in [-0.05, 0) is 24.1 Å². The molecule has 0 bridgehead atoms. The van der Waals surface area contributed by atoms with Crippen molar-refractivity contribution in [2.24, 2.45) is 0 Å². The number of aromatic amines is 1. The van der Waals surface area contributed by atoms with Crippen molar-refractivity contribution in [1.29, 1.82) is 5.26 Å². The lowest BCUT2D eigenvalue weighted by Crippen LogP contribution is -2.43. The molecule has 8 nitrogen and oxygen atoms in total. The van der Waals surface area contributed by atoms with E-state index >= 15 is 0 Å². The monoisotopic (exact) mass is 480 g/mol. The van der Waals surface area contributed by atoms with Crippen LogP contribution in [-0.2, 0) is 27.3 Å². The van der Waals surface area contributed by atoms with Crippen LogP contribution < -0.4 is 5.32 Å². The van der Waals surface area contributed by atoms with Gasteiger partial charge in [0, 0.05) is 12.0 Å². The molecule has 1 unspecified atom stereocenters. The summed E-state index contributed by atoms with van der Waals surface area (Å²) in [6.07, 6.45) is 0.906. The molecule has 1 atom stereocenters. The number of nitrogens with one attached hydrogen (secondary N) is 2. The van der Waals surface area contributed by atoms with Crippen LogP contribution in [0.1, 0.15) is 36.7 Å². The van der Waals surface area contributed by atoms with Crippen LogP contribution in [0.4, 0.5) is 4.79 Å². The van der Waals surface area contributed by atoms with Gasteiger partial charge in [0.1, 0.15) is 29.3 Å². The van der Waals surface area contributed by atoms with Crippen LogP contribution in [0.25, 0.3) is 11.3 Å². The number of halogens is 1. The fourth-order valence-corrected chi connectivity index (χ4v) is 3.36. The minimum Gasteiger partial charge on any atom is -0.459 e. The minimum atomic E-state index is -1.03. The number of alkyl carbamates (subject to hydrolysis) is 1. The van der Waals surface area contributed by atoms with E-state index in [2.05, 4.69) is 21.4 Å². The average molecular weight is 481 g/mol. The van der Waals surface area contributed by atoms with Crippen LogP contribution in [0.5, 0.6) is 0 Å². The van der Waals surface area contributed by atoms with Crippen LogP contribution in [0.2, 0.25) is 5.15 Å². The molecule has 1 aromatic heterocycles. The number of carbonyl (C=O) groups is 2. The van der Waals surface area contributed by atoms with Crippen molar-refractivity contribution in [3.63, 3.8) is 0 Å². The number of carbonyl (C=O) groups excluding carboxylic acids is 2. The molecular weight excluding hydrogens is 456 g/mol. The lowest BCUT2D eigenvalue weighted by atomic mass is 10.1. The molecule has 1 amide bonds. The maximum Gasteiger partial charge on any atom is 0.407 e. The van der Waals surface area contributed by atoms with Gasteiger partial charge in [-0.3, -0.25) is 0 Å². The number of H-pyrrole nitrogens is 1. The highest BCUT2D eigenvalue weighted by atomic mass is 35.5. The molecule has 34 heavy (non-hydrogen) atoms. The number of hydrogen-bond donors (Lipinski definition) is 2. The van der Waals surface area contributed by atoms with E-state index in [0.29, 0.717) is 22.6 Å². The topological polar surface area (TPSA) is 117 Å². The highest BCUT2D eigenvalue weighted by Crippen LogP contribution is 2.26. The third-order valence-corrected chi connectivity index (χ3v) is 5.20. The molecule has 3 rings (SSSR count). The third-order valence-electron chi connectivity index (χ3n) is 4.93. The maximum atomic E-state index is 12.8. The third kappa shape index (κ3) is 7.09. The van der Waals surface area contributed by atoms with Gasteiger partial charge in [-0.15, -0.1) is 0 Å². The molecule has 0 aliphatic heterocycles. The average Bonchev–Trinajstić information content (AvgIpc) is 3.22. The second kappa shape index (κ2) is 12.4. The predicted octanol–water partition coefficient (Wildman–Crippen LogP) is 4.78. The first-order valence-electron chi connectivity index (χ1n) is 10.9. The second-order valence-corrected chi connectivity index (χ2v) is 7.90. The summed E-state index contributed by atoms with van der Waals surface area (Å²) in [5.41, 5.74) is 2.52. The number of hydrogen-bond acceptors (Lipinski definition) is 6. The molecule has 2 N–H and O–H groups in total. The summed E-state index contributed by atoms with van der Waals surface area (Å²) in [6.45, 7) is 2.30. The molecule has 0 spiro atoms. The molecule has 0 radical (unpaired) electrons. The molecular formula is C25H25ClN4O4. The largest absolute Gasteiger partial charge is 0.459 e. The lowest BCUT2D eigenvalue weighted by molar-refractivity contribution is -0.147. The molecule has 3 aromatic rings. The molecule has 176 valence electrons. The predicted molar refractivity (Wildman–Crippen MR) is 127 cm³/mol. The molecule has 0 fully saturated rings. The summed E-state index contributed by atoms with van der Waals surface area (Å²) in [7, 11) is 0. The van der Waals surface area contributed by atoms with E-state index < -0.39 is 18.1 Å². The number of unbranched alkanes of at least 4 members (excludes halogenated alkanes) is 1. The highest BCUT2D eigenvalue weighted by molar-refractivity contribution is 6.31. The van der Waals surface area contributed by atoms with Crippen molar-refractivity contribution in [2.45, 2.75) is 38.8 Å². The van der Waals surface area contributed by atoms with Crippen LogP contribution in [-0.4, -0.2) is 34.7 Å². The van der Waals surface area contributed by atoms with E-state index in [1.165, 1.54) is 0 Å². The van der Waals surface area contributed by atoms with Gasteiger partial charge in [-0.25, -0.2) is 14.6 Å². The highest BCUT2D eigenvalue weighted by Gasteiger charge is 2.26. The Morgan fingerprint density at radius 2 is 1.88 bits per heavy atom. The quantitative estimate of drug-likeness (QED) is 0.318. The van der Waals surface area contributed by atoms with Crippen molar-refractivity contribution >= 4 is 23.7 Å². The molecule has 9 heteroatoms. The van der Waals surface area contributed by atoms with Gasteiger partial charge < -0.3 is 19.8 Å². The SMILES string of the molecule is CCCCOC(=O)NC(Cc1nc(-c2ccc(C#N)cc2)c(Cl)[nH]1)C(=O)OCc1ccccc1. The van der Waals surface area contributed by atoms with Crippen molar-refractivity contribution in [3.8, 4) is 17.3 Å². The van der Waals surface area contributed by atoms with Gasteiger partial charge >= 0.3 is 12.1 Å². The zero-order valence-corrected chi connectivity index (χ0v) is 19.5. The smallest absolute Gasteiger partial charge is 0.407 e. The Balaban J connectivity index is 1.73. The minimum absolute atomic E-state index is 0.0203. The zero-order valence-electron chi connectivity index (χ0n) is 18.7. The summed E-state index contributed by atoms with van der Waals surface area (Å²) >= 11 is 6.34. The first kappa shape index (κ1) is 24.8. The van der Waals surface area contributed by atoms with Crippen LogP contribution in [0.3, 0.4) is 0 Å². The number of esters is 1. The van der Waals surface area contributed by atoms with Gasteiger partial charge in [0.15, 0.2) is 0 Å². The summed E-state index contributed by atoms with van der Waals surface area (Å²) < 4.78 is 10.6. The zero-order chi connectivity index (χ0) is 24.3. The fraction of sp³-hybridized carbons (Fsp3) is 0.280. The second-order valence-electron chi connectivity index (χ2n) is 7.52. The Hall–Kier alpha value is -3.83. The van der Waals surface area contributed by atoms with Gasteiger partial charge in [-0.2, -0.15) is 5.26 Å². The van der Waals surface area contributed by atoms with Crippen molar-refractivity contribution in [1.82, 2.24) is 15.3 Å². The first-order chi connectivity index (χ1) is 16.5. The molecule has 2 aromatic carbocycles. The van der Waals surface area contributed by atoms with Gasteiger partial charge in [0.25, 0.3) is 0 Å². The molecule has 0 aliphatic rings. The Kier molecular flexibility index (Phi) is 9.06. The van der Waals surface area contributed by atoms with E-state index in [4.69, 9.17) is 26.3 Å². The van der Waals surface area contributed by atoms with Crippen LogP contribution in [0, 0.1) is 11.3 Å². The molecule has 0 aliphatic carbocycles. The van der Waals surface area contributed by atoms with Crippen LogP contribution in [0.15, 0.2) is 54.6 Å². The summed E-state index contributed by atoms with van der Waals surface area (Å²) in [6, 6.07) is 17.1. The Morgan fingerprint density at radius 3 is 2.56 bits per heavy atom. The van der Waals surface area contributed by atoms with Crippen molar-refractivity contribution in [3.05, 3.63) is 76.7 Å². The Labute approximate surface area is 202 Å². The summed E-state index contributed by atoms with van der Waals surface area (Å²) in [5.74, 6) is -0.233. The van der Waals surface area contributed by atoms with Gasteiger partial charge in [0.05, 0.1) is 18.2 Å². The molecule has 1 heterocycles. The number of benzene rings is 2. The first-order valence-corrected chi connectivity index (χ1v) is 11.3. The van der Waals surface area contributed by atoms with Crippen LogP contribution >= 0.6 is 11.6 Å². The summed E-state index contributed by atoms with van der Waals surface area (Å²) in [5, 5.41) is 11.8. The van der Waals surface area contributed by atoms with Gasteiger partial charge in [-0.1, -0.05) is 67.4 Å². The van der Waals surface area contributed by atoms with E-state index in [1.54, 1.807) is 24.3 Å². The summed E-state index contributed by atoms with van der Waals surface area (Å²) in [4.78, 5) is 32.5. The van der Waals surface area contributed by atoms with E-state index in [9.17, 15) is 9.59 Å². The number of imidazole rings is 1. The standard InChI is InChI=1S/C25H25ClN4O4/c1-2-3-13-33-25(32)28-20(24(31)34-16-18-7-5-4-6-8-18)14-21-29-22(23(26)30-21)19-11-9-17(15-27)10-12-19/h4-12,20H,2-3,13-14,16H2,1H3,(H,28,32)(H,29,30). The van der Waals surface area contributed by atoms with Crippen molar-refractivity contribution < 1.29 is 19.1 Å². The molecule has 0 saturated heterocycles.